The predicted octanol–water partition coefficient (Wildman–Crippen LogP) is 1.92. The molecule has 3 rings (SSSR count). The Morgan fingerprint density at radius 3 is 2.93 bits per heavy atom. The van der Waals surface area contributed by atoms with E-state index < -0.39 is 0 Å². The zero-order valence-electron chi connectivity index (χ0n) is 8.68. The van der Waals surface area contributed by atoms with Crippen molar-refractivity contribution in [3.63, 3.8) is 0 Å². The Hall–Kier alpha value is -1.06. The lowest BCUT2D eigenvalue weighted by atomic mass is 10.1. The number of ether oxygens (including phenoxy) is 3. The van der Waals surface area contributed by atoms with Gasteiger partial charge in [-0.05, 0) is 24.6 Å². The number of rotatable bonds is 4. The smallest absolute Gasteiger partial charge is 0.119 e. The molecule has 0 saturated carbocycles. The van der Waals surface area contributed by atoms with Gasteiger partial charge in [0.25, 0.3) is 0 Å². The van der Waals surface area contributed by atoms with Gasteiger partial charge in [-0.25, -0.2) is 0 Å². The third kappa shape index (κ3) is 2.13. The lowest BCUT2D eigenvalue weighted by Gasteiger charge is -2.05. The summed E-state index contributed by atoms with van der Waals surface area (Å²) in [5.41, 5.74) is 1.21. The fraction of sp³-hybridized carbons (Fsp3) is 0.500. The molecule has 15 heavy (non-hydrogen) atoms. The zero-order chi connectivity index (χ0) is 10.3. The molecule has 1 aromatic carbocycles. The maximum Gasteiger partial charge on any atom is 0.119 e. The van der Waals surface area contributed by atoms with Crippen LogP contribution in [0.5, 0.6) is 5.75 Å². The fourth-order valence-corrected chi connectivity index (χ4v) is 1.67. The lowest BCUT2D eigenvalue weighted by Crippen LogP contribution is -2.04. The van der Waals surface area contributed by atoms with E-state index in [-0.39, 0.29) is 6.10 Å². The Kier molecular flexibility index (Phi) is 2.15. The van der Waals surface area contributed by atoms with Crippen LogP contribution < -0.4 is 4.74 Å². The van der Waals surface area contributed by atoms with Gasteiger partial charge in [0, 0.05) is 0 Å². The molecule has 3 nitrogen and oxygen atoms in total. The van der Waals surface area contributed by atoms with Gasteiger partial charge in [-0.3, -0.25) is 0 Å². The Morgan fingerprint density at radius 2 is 2.27 bits per heavy atom. The summed E-state index contributed by atoms with van der Waals surface area (Å²) in [5, 5.41) is 0. The summed E-state index contributed by atoms with van der Waals surface area (Å²) in [6.07, 6.45) is 0.933. The summed E-state index contributed by atoms with van der Waals surface area (Å²) < 4.78 is 16.1. The molecule has 80 valence electrons. The molecule has 2 heterocycles. The van der Waals surface area contributed by atoms with Crippen LogP contribution in [0.3, 0.4) is 0 Å². The monoisotopic (exact) mass is 206 g/mol. The van der Waals surface area contributed by atoms with Gasteiger partial charge < -0.3 is 14.2 Å². The van der Waals surface area contributed by atoms with Crippen molar-refractivity contribution in [2.45, 2.75) is 25.2 Å². The lowest BCUT2D eigenvalue weighted by molar-refractivity contribution is 0.262. The SMILES string of the molecule is CC1OC1c1cccc(OCC2CO2)c1. The molecule has 0 amide bonds. The molecule has 0 aromatic heterocycles. The number of hydrogen-bond donors (Lipinski definition) is 0. The van der Waals surface area contributed by atoms with Crippen LogP contribution in [-0.4, -0.2) is 25.4 Å². The van der Waals surface area contributed by atoms with Crippen molar-refractivity contribution in [3.8, 4) is 5.75 Å². The second kappa shape index (κ2) is 3.51. The first-order valence-electron chi connectivity index (χ1n) is 5.33. The summed E-state index contributed by atoms with van der Waals surface area (Å²) in [6.45, 7) is 3.57. The van der Waals surface area contributed by atoms with Gasteiger partial charge in [0.1, 0.15) is 24.6 Å². The van der Waals surface area contributed by atoms with Crippen LogP contribution >= 0.6 is 0 Å². The molecule has 2 aliphatic rings. The van der Waals surface area contributed by atoms with E-state index in [9.17, 15) is 0 Å². The van der Waals surface area contributed by atoms with Crippen LogP contribution in [0.15, 0.2) is 24.3 Å². The molecule has 2 aliphatic heterocycles. The van der Waals surface area contributed by atoms with Crippen LogP contribution in [0.1, 0.15) is 18.6 Å². The van der Waals surface area contributed by atoms with Crippen molar-refractivity contribution in [2.24, 2.45) is 0 Å². The molecule has 0 aliphatic carbocycles. The van der Waals surface area contributed by atoms with Crippen molar-refractivity contribution in [2.75, 3.05) is 13.2 Å². The zero-order valence-corrected chi connectivity index (χ0v) is 8.68. The van der Waals surface area contributed by atoms with Gasteiger partial charge in [-0.1, -0.05) is 12.1 Å². The fourth-order valence-electron chi connectivity index (χ4n) is 1.67. The Balaban J connectivity index is 1.65. The number of hydrogen-bond acceptors (Lipinski definition) is 3. The molecule has 3 unspecified atom stereocenters. The van der Waals surface area contributed by atoms with Crippen molar-refractivity contribution in [1.82, 2.24) is 0 Å². The summed E-state index contributed by atoms with van der Waals surface area (Å²) in [7, 11) is 0. The van der Waals surface area contributed by atoms with Crippen LogP contribution in [0.2, 0.25) is 0 Å². The first-order chi connectivity index (χ1) is 7.33. The van der Waals surface area contributed by atoms with E-state index >= 15 is 0 Å². The minimum absolute atomic E-state index is 0.269. The van der Waals surface area contributed by atoms with Crippen LogP contribution in [0.25, 0.3) is 0 Å². The van der Waals surface area contributed by atoms with Crippen molar-refractivity contribution in [3.05, 3.63) is 29.8 Å². The quantitative estimate of drug-likeness (QED) is 0.706. The number of benzene rings is 1. The third-order valence-electron chi connectivity index (χ3n) is 2.74. The summed E-state index contributed by atoms with van der Waals surface area (Å²) in [5.74, 6) is 0.908. The second-order valence-electron chi connectivity index (χ2n) is 4.10. The normalized spacial score (nSPS) is 32.5. The molecular weight excluding hydrogens is 192 g/mol. The second-order valence-corrected chi connectivity index (χ2v) is 4.10. The molecule has 0 bridgehead atoms. The standard InChI is InChI=1S/C12H14O3/c1-8-12(15-8)9-3-2-4-10(5-9)13-6-11-7-14-11/h2-5,8,11-12H,6-7H2,1H3. The number of epoxide rings is 2. The molecule has 0 radical (unpaired) electrons. The average molecular weight is 206 g/mol. The summed E-state index contributed by atoms with van der Waals surface area (Å²) >= 11 is 0. The van der Waals surface area contributed by atoms with E-state index in [4.69, 9.17) is 14.2 Å². The van der Waals surface area contributed by atoms with E-state index in [2.05, 4.69) is 19.1 Å². The van der Waals surface area contributed by atoms with E-state index in [1.54, 1.807) is 0 Å². The van der Waals surface area contributed by atoms with E-state index in [1.807, 2.05) is 12.1 Å². The van der Waals surface area contributed by atoms with Crippen molar-refractivity contribution in [1.29, 1.82) is 0 Å². The average Bonchev–Trinajstić information content (AvgIpc) is 3.12. The van der Waals surface area contributed by atoms with E-state index in [1.165, 1.54) is 5.56 Å². The third-order valence-corrected chi connectivity index (χ3v) is 2.74. The minimum atomic E-state index is 0.269. The molecule has 0 N–H and O–H groups in total. The Bertz CT molecular complexity index is 360. The van der Waals surface area contributed by atoms with Gasteiger partial charge in [0.15, 0.2) is 0 Å². The maximum atomic E-state index is 5.60. The minimum Gasteiger partial charge on any atom is -0.491 e. The predicted molar refractivity (Wildman–Crippen MR) is 55.0 cm³/mol. The highest BCUT2D eigenvalue weighted by Crippen LogP contribution is 2.39. The van der Waals surface area contributed by atoms with E-state index in [0.29, 0.717) is 18.8 Å². The van der Waals surface area contributed by atoms with Crippen molar-refractivity contribution >= 4 is 0 Å². The van der Waals surface area contributed by atoms with Crippen molar-refractivity contribution < 1.29 is 14.2 Å². The first kappa shape index (κ1) is 9.19. The molecule has 2 fully saturated rings. The molecule has 2 saturated heterocycles. The molecule has 1 aromatic rings. The van der Waals surface area contributed by atoms with Crippen LogP contribution in [0, 0.1) is 0 Å². The summed E-state index contributed by atoms with van der Waals surface area (Å²) in [4.78, 5) is 0. The van der Waals surface area contributed by atoms with Gasteiger partial charge in [0.05, 0.1) is 12.7 Å². The highest BCUT2D eigenvalue weighted by atomic mass is 16.6. The maximum absolute atomic E-state index is 5.60. The molecule has 0 spiro atoms. The highest BCUT2D eigenvalue weighted by Gasteiger charge is 2.35. The van der Waals surface area contributed by atoms with E-state index in [0.717, 1.165) is 12.4 Å². The Morgan fingerprint density at radius 1 is 1.47 bits per heavy atom. The Labute approximate surface area is 89.0 Å². The highest BCUT2D eigenvalue weighted by molar-refractivity contribution is 5.32. The van der Waals surface area contributed by atoms with Crippen LogP contribution in [0.4, 0.5) is 0 Å². The largest absolute Gasteiger partial charge is 0.491 e. The van der Waals surface area contributed by atoms with Crippen LogP contribution in [-0.2, 0) is 9.47 Å². The molecular formula is C12H14O3. The topological polar surface area (TPSA) is 34.3 Å². The molecule has 3 atom stereocenters. The first-order valence-corrected chi connectivity index (χ1v) is 5.33. The van der Waals surface area contributed by atoms with Gasteiger partial charge in [-0.2, -0.15) is 0 Å². The molecule has 3 heteroatoms. The van der Waals surface area contributed by atoms with Gasteiger partial charge >= 0.3 is 0 Å². The summed E-state index contributed by atoms with van der Waals surface area (Å²) in [6, 6.07) is 8.11. The van der Waals surface area contributed by atoms with Gasteiger partial charge in [0.2, 0.25) is 0 Å². The van der Waals surface area contributed by atoms with Gasteiger partial charge in [-0.15, -0.1) is 0 Å².